The first-order chi connectivity index (χ1) is 14.7. The molecule has 1 aliphatic heterocycles. The lowest BCUT2D eigenvalue weighted by atomic mass is 9.87. The molecular formula is C25H35F3N2O. The Morgan fingerprint density at radius 2 is 1.74 bits per heavy atom. The molecule has 0 aliphatic carbocycles. The van der Waals surface area contributed by atoms with Crippen LogP contribution in [0, 0.1) is 5.92 Å². The van der Waals surface area contributed by atoms with Crippen LogP contribution in [-0.2, 0) is 19.3 Å². The Bertz CT molecular complexity index is 777. The Kier molecular flexibility index (Phi) is 9.85. The Labute approximate surface area is 184 Å². The van der Waals surface area contributed by atoms with E-state index < -0.39 is 11.7 Å². The second-order valence-electron chi connectivity index (χ2n) is 8.26. The fraction of sp³-hybridized carbons (Fsp3) is 0.520. The molecule has 0 amide bonds. The van der Waals surface area contributed by atoms with Gasteiger partial charge in [0, 0.05) is 18.6 Å². The quantitative estimate of drug-likeness (QED) is 0.568. The van der Waals surface area contributed by atoms with Gasteiger partial charge in [-0.05, 0) is 75.0 Å². The summed E-state index contributed by atoms with van der Waals surface area (Å²) in [5.41, 5.74) is 1.13. The summed E-state index contributed by atoms with van der Waals surface area (Å²) in [7, 11) is 1.86. The molecule has 0 bridgehead atoms. The van der Waals surface area contributed by atoms with Crippen LogP contribution in [0.5, 0.6) is 5.75 Å². The van der Waals surface area contributed by atoms with E-state index in [1.165, 1.54) is 31.4 Å². The maximum Gasteiger partial charge on any atom is 0.416 e. The molecule has 172 valence electrons. The molecule has 2 aromatic carbocycles. The maximum absolute atomic E-state index is 12.5. The van der Waals surface area contributed by atoms with Crippen LogP contribution in [0.1, 0.15) is 56.7 Å². The van der Waals surface area contributed by atoms with Crippen molar-refractivity contribution in [2.75, 3.05) is 7.05 Å². The molecule has 0 radical (unpaired) electrons. The highest BCUT2D eigenvalue weighted by Gasteiger charge is 2.29. The van der Waals surface area contributed by atoms with Crippen molar-refractivity contribution < 1.29 is 17.9 Å². The molecule has 1 heterocycles. The van der Waals surface area contributed by atoms with Crippen LogP contribution in [0.3, 0.4) is 0 Å². The van der Waals surface area contributed by atoms with E-state index in [9.17, 15) is 13.2 Å². The topological polar surface area (TPSA) is 33.3 Å². The minimum absolute atomic E-state index is 0.237. The van der Waals surface area contributed by atoms with Gasteiger partial charge >= 0.3 is 6.18 Å². The lowest BCUT2D eigenvalue weighted by molar-refractivity contribution is -0.137. The number of rotatable bonds is 6. The zero-order valence-corrected chi connectivity index (χ0v) is 18.9. The predicted octanol–water partition coefficient (Wildman–Crippen LogP) is 6.18. The molecule has 0 saturated carbocycles. The summed E-state index contributed by atoms with van der Waals surface area (Å²) >= 11 is 0. The van der Waals surface area contributed by atoms with Crippen molar-refractivity contribution in [3.8, 4) is 5.75 Å². The van der Waals surface area contributed by atoms with Gasteiger partial charge in [0.15, 0.2) is 0 Å². The first-order valence-corrected chi connectivity index (χ1v) is 11.0. The minimum Gasteiger partial charge on any atom is -0.489 e. The average Bonchev–Trinajstić information content (AvgIpc) is 2.73. The van der Waals surface area contributed by atoms with Crippen molar-refractivity contribution in [1.82, 2.24) is 10.6 Å². The van der Waals surface area contributed by atoms with Gasteiger partial charge in [-0.25, -0.2) is 0 Å². The van der Waals surface area contributed by atoms with Gasteiger partial charge in [-0.2, -0.15) is 13.2 Å². The number of hydrogen-bond donors (Lipinski definition) is 2. The summed E-state index contributed by atoms with van der Waals surface area (Å²) < 4.78 is 42.9. The van der Waals surface area contributed by atoms with Gasteiger partial charge in [0.05, 0.1) is 5.56 Å². The van der Waals surface area contributed by atoms with E-state index in [0.717, 1.165) is 42.2 Å². The summed E-state index contributed by atoms with van der Waals surface area (Å²) in [6.07, 6.45) is -0.184. The highest BCUT2D eigenvalue weighted by Crippen LogP contribution is 2.29. The van der Waals surface area contributed by atoms with E-state index in [2.05, 4.69) is 31.4 Å². The number of piperidine rings is 1. The standard InChI is InChI=1S/C16H16F3NO.C9H19N/c1-20-10-13-3-2-4-15(9-13)21-11-12-5-7-14(8-6-12)16(17,18)19;1-4-9-6-5-7(2)10-8(9)3/h2-9,20H,10-11H2,1H3;7-10H,4-6H2,1-3H3. The van der Waals surface area contributed by atoms with E-state index in [-0.39, 0.29) is 6.61 Å². The van der Waals surface area contributed by atoms with Crippen LogP contribution in [-0.4, -0.2) is 19.1 Å². The summed E-state index contributed by atoms with van der Waals surface area (Å²) in [4.78, 5) is 0. The van der Waals surface area contributed by atoms with Gasteiger partial charge in [0.25, 0.3) is 0 Å². The highest BCUT2D eigenvalue weighted by molar-refractivity contribution is 5.29. The molecule has 6 heteroatoms. The lowest BCUT2D eigenvalue weighted by Crippen LogP contribution is -2.44. The smallest absolute Gasteiger partial charge is 0.416 e. The third-order valence-electron chi connectivity index (χ3n) is 5.72. The summed E-state index contributed by atoms with van der Waals surface area (Å²) in [6.45, 7) is 7.85. The third-order valence-corrected chi connectivity index (χ3v) is 5.72. The number of halogens is 3. The molecular weight excluding hydrogens is 401 g/mol. The molecule has 1 fully saturated rings. The molecule has 1 aliphatic rings. The first-order valence-electron chi connectivity index (χ1n) is 11.0. The first kappa shape index (κ1) is 25.2. The van der Waals surface area contributed by atoms with Crippen LogP contribution in [0.15, 0.2) is 48.5 Å². The van der Waals surface area contributed by atoms with Gasteiger partial charge in [-0.1, -0.05) is 37.6 Å². The Balaban J connectivity index is 0.000000285. The predicted molar refractivity (Wildman–Crippen MR) is 120 cm³/mol. The van der Waals surface area contributed by atoms with Crippen LogP contribution in [0.4, 0.5) is 13.2 Å². The van der Waals surface area contributed by atoms with Crippen LogP contribution < -0.4 is 15.4 Å². The minimum atomic E-state index is -4.30. The second-order valence-corrected chi connectivity index (χ2v) is 8.26. The van der Waals surface area contributed by atoms with E-state index in [1.54, 1.807) is 0 Å². The Morgan fingerprint density at radius 3 is 2.32 bits per heavy atom. The molecule has 31 heavy (non-hydrogen) atoms. The van der Waals surface area contributed by atoms with Gasteiger partial charge in [-0.15, -0.1) is 0 Å². The van der Waals surface area contributed by atoms with Gasteiger partial charge in [0.2, 0.25) is 0 Å². The molecule has 0 aromatic heterocycles. The number of hydrogen-bond acceptors (Lipinski definition) is 3. The van der Waals surface area contributed by atoms with Crippen LogP contribution in [0.25, 0.3) is 0 Å². The fourth-order valence-corrected chi connectivity index (χ4v) is 3.85. The Hall–Kier alpha value is -2.05. The highest BCUT2D eigenvalue weighted by atomic mass is 19.4. The van der Waals surface area contributed by atoms with Crippen LogP contribution >= 0.6 is 0 Å². The fourth-order valence-electron chi connectivity index (χ4n) is 3.85. The average molecular weight is 437 g/mol. The zero-order chi connectivity index (χ0) is 22.9. The molecule has 3 rings (SSSR count). The van der Waals surface area contributed by atoms with Crippen molar-refractivity contribution in [3.05, 3.63) is 65.2 Å². The molecule has 2 N–H and O–H groups in total. The molecule has 2 aromatic rings. The molecule has 3 unspecified atom stereocenters. The number of ether oxygens (including phenoxy) is 1. The number of nitrogens with one attached hydrogen (secondary N) is 2. The number of alkyl halides is 3. The van der Waals surface area contributed by atoms with Gasteiger partial charge in [-0.3, -0.25) is 0 Å². The normalized spacial score (nSPS) is 21.2. The van der Waals surface area contributed by atoms with Gasteiger partial charge in [0.1, 0.15) is 12.4 Å². The maximum atomic E-state index is 12.5. The van der Waals surface area contributed by atoms with Crippen molar-refractivity contribution in [3.63, 3.8) is 0 Å². The zero-order valence-electron chi connectivity index (χ0n) is 18.9. The second kappa shape index (κ2) is 12.1. The number of benzene rings is 2. The van der Waals surface area contributed by atoms with Crippen molar-refractivity contribution >= 4 is 0 Å². The van der Waals surface area contributed by atoms with E-state index in [1.807, 2.05) is 31.3 Å². The summed E-state index contributed by atoms with van der Waals surface area (Å²) in [6, 6.07) is 14.1. The van der Waals surface area contributed by atoms with Crippen molar-refractivity contribution in [2.45, 2.75) is 71.4 Å². The van der Waals surface area contributed by atoms with E-state index in [4.69, 9.17) is 4.74 Å². The lowest BCUT2D eigenvalue weighted by Gasteiger charge is -2.33. The molecule has 3 nitrogen and oxygen atoms in total. The van der Waals surface area contributed by atoms with Crippen molar-refractivity contribution in [1.29, 1.82) is 0 Å². The Morgan fingerprint density at radius 1 is 1.03 bits per heavy atom. The van der Waals surface area contributed by atoms with E-state index in [0.29, 0.717) is 11.3 Å². The van der Waals surface area contributed by atoms with Gasteiger partial charge < -0.3 is 15.4 Å². The van der Waals surface area contributed by atoms with Crippen molar-refractivity contribution in [2.24, 2.45) is 5.92 Å². The summed E-state index contributed by atoms with van der Waals surface area (Å²) in [5, 5.41) is 6.62. The van der Waals surface area contributed by atoms with Crippen LogP contribution in [0.2, 0.25) is 0 Å². The van der Waals surface area contributed by atoms with E-state index >= 15 is 0 Å². The SMILES string of the molecule is CCC1CCC(C)NC1C.CNCc1cccc(OCc2ccc(C(F)(F)F)cc2)c1. The molecule has 3 atom stereocenters. The molecule has 0 spiro atoms. The molecule has 1 saturated heterocycles. The third kappa shape index (κ3) is 8.54. The largest absolute Gasteiger partial charge is 0.489 e. The monoisotopic (exact) mass is 436 g/mol. The summed E-state index contributed by atoms with van der Waals surface area (Å²) in [5.74, 6) is 1.62.